The third-order valence-corrected chi connectivity index (χ3v) is 5.43. The van der Waals surface area contributed by atoms with E-state index in [4.69, 9.17) is 0 Å². The van der Waals surface area contributed by atoms with Gasteiger partial charge in [-0.15, -0.1) is 0 Å². The highest BCUT2D eigenvalue weighted by Crippen LogP contribution is 2.24. The van der Waals surface area contributed by atoms with Crippen LogP contribution in [0.25, 0.3) is 0 Å². The van der Waals surface area contributed by atoms with E-state index in [1.165, 1.54) is 6.20 Å². The van der Waals surface area contributed by atoms with Crippen molar-refractivity contribution in [2.24, 2.45) is 5.92 Å². The molecule has 28 heavy (non-hydrogen) atoms. The Hall–Kier alpha value is -2.69. The second kappa shape index (κ2) is 9.00. The van der Waals surface area contributed by atoms with Crippen LogP contribution < -0.4 is 5.32 Å². The molecule has 0 radical (unpaired) electrons. The molecule has 0 aliphatic carbocycles. The molecule has 1 fully saturated rings. The third kappa shape index (κ3) is 4.41. The molecule has 3 rings (SSSR count). The van der Waals surface area contributed by atoms with Gasteiger partial charge in [0, 0.05) is 31.2 Å². The van der Waals surface area contributed by atoms with Crippen molar-refractivity contribution in [2.45, 2.75) is 46.5 Å². The highest BCUT2D eigenvalue weighted by Gasteiger charge is 2.23. The summed E-state index contributed by atoms with van der Waals surface area (Å²) in [4.78, 5) is 31.7. The summed E-state index contributed by atoms with van der Waals surface area (Å²) in [5, 5.41) is 3.05. The van der Waals surface area contributed by atoms with E-state index < -0.39 is 0 Å². The lowest BCUT2D eigenvalue weighted by Crippen LogP contribution is -2.39. The number of nitrogens with zero attached hydrogens (tertiary/aromatic N) is 2. The number of aromatic nitrogens is 1. The number of amides is 2. The number of hydrogen-bond acceptors (Lipinski definition) is 3. The van der Waals surface area contributed by atoms with Crippen LogP contribution in [-0.2, 0) is 12.8 Å². The molecule has 0 bridgehead atoms. The van der Waals surface area contributed by atoms with Gasteiger partial charge in [-0.25, -0.2) is 0 Å². The number of piperidine rings is 1. The Morgan fingerprint density at radius 1 is 1.14 bits per heavy atom. The molecule has 1 saturated heterocycles. The summed E-state index contributed by atoms with van der Waals surface area (Å²) in [7, 11) is 0. The van der Waals surface area contributed by atoms with Gasteiger partial charge in [-0.3, -0.25) is 14.6 Å². The van der Waals surface area contributed by atoms with E-state index in [9.17, 15) is 9.59 Å². The van der Waals surface area contributed by atoms with Crippen LogP contribution in [0, 0.1) is 5.92 Å². The maximum atomic E-state index is 12.9. The Labute approximate surface area is 167 Å². The average molecular weight is 380 g/mol. The number of anilines is 1. The smallest absolute Gasteiger partial charge is 0.257 e. The molecule has 5 heteroatoms. The standard InChI is InChI=1S/C23H29N3O2/c1-4-17-9-6-10-18(5-2)21(17)25-22(27)19-12-20(14-24-13-19)23(28)26-11-7-8-16(3)15-26/h6,9-10,12-14,16H,4-5,7-8,11,15H2,1-3H3,(H,25,27). The number of aryl methyl sites for hydroxylation is 2. The van der Waals surface area contributed by atoms with E-state index in [0.29, 0.717) is 17.0 Å². The lowest BCUT2D eigenvalue weighted by molar-refractivity contribution is 0.0682. The summed E-state index contributed by atoms with van der Waals surface area (Å²) >= 11 is 0. The number of likely N-dealkylation sites (tertiary alicyclic amines) is 1. The molecule has 1 aliphatic rings. The number of rotatable bonds is 5. The number of para-hydroxylation sites is 1. The highest BCUT2D eigenvalue weighted by molar-refractivity contribution is 6.06. The maximum Gasteiger partial charge on any atom is 0.257 e. The first-order valence-electron chi connectivity index (χ1n) is 10.2. The molecular weight excluding hydrogens is 350 g/mol. The third-order valence-electron chi connectivity index (χ3n) is 5.43. The van der Waals surface area contributed by atoms with Crippen LogP contribution in [0.3, 0.4) is 0 Å². The first kappa shape index (κ1) is 20.1. The van der Waals surface area contributed by atoms with Gasteiger partial charge in [0.25, 0.3) is 11.8 Å². The van der Waals surface area contributed by atoms with Crippen molar-refractivity contribution >= 4 is 17.5 Å². The minimum absolute atomic E-state index is 0.0445. The molecule has 1 unspecified atom stereocenters. The van der Waals surface area contributed by atoms with Crippen molar-refractivity contribution in [3.63, 3.8) is 0 Å². The van der Waals surface area contributed by atoms with E-state index in [1.807, 2.05) is 23.1 Å². The van der Waals surface area contributed by atoms with Gasteiger partial charge in [0.1, 0.15) is 0 Å². The number of benzene rings is 1. The van der Waals surface area contributed by atoms with Crippen molar-refractivity contribution in [2.75, 3.05) is 18.4 Å². The first-order chi connectivity index (χ1) is 13.5. The Morgan fingerprint density at radius 3 is 2.46 bits per heavy atom. The molecule has 2 amide bonds. The Kier molecular flexibility index (Phi) is 6.45. The van der Waals surface area contributed by atoms with Gasteiger partial charge in [-0.2, -0.15) is 0 Å². The minimum Gasteiger partial charge on any atom is -0.338 e. The van der Waals surface area contributed by atoms with E-state index in [-0.39, 0.29) is 11.8 Å². The lowest BCUT2D eigenvalue weighted by atomic mass is 9.99. The van der Waals surface area contributed by atoms with E-state index in [0.717, 1.165) is 55.6 Å². The molecule has 2 heterocycles. The van der Waals surface area contributed by atoms with Crippen molar-refractivity contribution < 1.29 is 9.59 Å². The Balaban J connectivity index is 1.81. The van der Waals surface area contributed by atoms with Crippen LogP contribution in [0.2, 0.25) is 0 Å². The summed E-state index contributed by atoms with van der Waals surface area (Å²) in [5.41, 5.74) is 3.97. The summed E-state index contributed by atoms with van der Waals surface area (Å²) in [6, 6.07) is 7.74. The fourth-order valence-corrected chi connectivity index (χ4v) is 3.83. The van der Waals surface area contributed by atoms with Crippen molar-refractivity contribution in [3.05, 3.63) is 58.9 Å². The fraction of sp³-hybridized carbons (Fsp3) is 0.435. The van der Waals surface area contributed by atoms with Crippen LogP contribution in [0.1, 0.15) is 65.5 Å². The molecule has 148 valence electrons. The highest BCUT2D eigenvalue weighted by atomic mass is 16.2. The fourth-order valence-electron chi connectivity index (χ4n) is 3.83. The van der Waals surface area contributed by atoms with E-state index >= 15 is 0 Å². The van der Waals surface area contributed by atoms with Gasteiger partial charge in [-0.1, -0.05) is 39.0 Å². The molecule has 1 N–H and O–H groups in total. The predicted molar refractivity (Wildman–Crippen MR) is 112 cm³/mol. The van der Waals surface area contributed by atoms with Gasteiger partial charge < -0.3 is 10.2 Å². The van der Waals surface area contributed by atoms with Crippen LogP contribution in [0.4, 0.5) is 5.69 Å². The quantitative estimate of drug-likeness (QED) is 0.841. The number of hydrogen-bond donors (Lipinski definition) is 1. The zero-order valence-electron chi connectivity index (χ0n) is 17.0. The van der Waals surface area contributed by atoms with Gasteiger partial charge in [0.15, 0.2) is 0 Å². The molecule has 5 nitrogen and oxygen atoms in total. The van der Waals surface area contributed by atoms with Gasteiger partial charge in [0.05, 0.1) is 11.1 Å². The summed E-state index contributed by atoms with van der Waals surface area (Å²) in [6.45, 7) is 7.84. The topological polar surface area (TPSA) is 62.3 Å². The van der Waals surface area contributed by atoms with Gasteiger partial charge >= 0.3 is 0 Å². The largest absolute Gasteiger partial charge is 0.338 e. The number of nitrogens with one attached hydrogen (secondary N) is 1. The zero-order valence-corrected chi connectivity index (χ0v) is 17.0. The van der Waals surface area contributed by atoms with Crippen LogP contribution in [0.5, 0.6) is 0 Å². The lowest BCUT2D eigenvalue weighted by Gasteiger charge is -2.31. The zero-order chi connectivity index (χ0) is 20.1. The van der Waals surface area contributed by atoms with Crippen molar-refractivity contribution in [3.8, 4) is 0 Å². The van der Waals surface area contributed by atoms with Gasteiger partial charge in [0.2, 0.25) is 0 Å². The second-order valence-electron chi connectivity index (χ2n) is 7.57. The van der Waals surface area contributed by atoms with Crippen molar-refractivity contribution in [1.82, 2.24) is 9.88 Å². The molecule has 1 atom stereocenters. The summed E-state index contributed by atoms with van der Waals surface area (Å²) in [6.07, 6.45) is 6.93. The molecule has 1 aromatic heterocycles. The summed E-state index contributed by atoms with van der Waals surface area (Å²) < 4.78 is 0. The SMILES string of the molecule is CCc1cccc(CC)c1NC(=O)c1cncc(C(=O)N2CCCC(C)C2)c1. The Bertz CT molecular complexity index is 840. The molecule has 1 aliphatic heterocycles. The molecule has 2 aromatic rings. The normalized spacial score (nSPS) is 16.7. The summed E-state index contributed by atoms with van der Waals surface area (Å²) in [5.74, 6) is 0.233. The minimum atomic E-state index is -0.232. The average Bonchev–Trinajstić information content (AvgIpc) is 2.73. The maximum absolute atomic E-state index is 12.9. The monoisotopic (exact) mass is 379 g/mol. The predicted octanol–water partition coefficient (Wildman–Crippen LogP) is 4.33. The molecular formula is C23H29N3O2. The number of carbonyl (C=O) groups excluding carboxylic acids is 2. The second-order valence-corrected chi connectivity index (χ2v) is 7.57. The van der Waals surface area contributed by atoms with Crippen LogP contribution in [0.15, 0.2) is 36.7 Å². The van der Waals surface area contributed by atoms with E-state index in [1.54, 1.807) is 12.3 Å². The van der Waals surface area contributed by atoms with Crippen LogP contribution >= 0.6 is 0 Å². The van der Waals surface area contributed by atoms with Gasteiger partial charge in [-0.05, 0) is 48.8 Å². The molecule has 0 spiro atoms. The number of carbonyl (C=O) groups is 2. The molecule has 1 aromatic carbocycles. The van der Waals surface area contributed by atoms with Crippen LogP contribution in [-0.4, -0.2) is 34.8 Å². The number of pyridine rings is 1. The first-order valence-corrected chi connectivity index (χ1v) is 10.2. The molecule has 0 saturated carbocycles. The van der Waals surface area contributed by atoms with E-state index in [2.05, 4.69) is 31.1 Å². The Morgan fingerprint density at radius 2 is 1.82 bits per heavy atom. The van der Waals surface area contributed by atoms with Crippen molar-refractivity contribution in [1.29, 1.82) is 0 Å².